The van der Waals surface area contributed by atoms with Gasteiger partial charge in [-0.05, 0) is 11.6 Å². The number of hydrogen-bond donors (Lipinski definition) is 3. The van der Waals surface area contributed by atoms with Gasteiger partial charge in [-0.1, -0.05) is 29.8 Å². The van der Waals surface area contributed by atoms with E-state index in [1.807, 2.05) is 18.2 Å². The lowest BCUT2D eigenvalue weighted by molar-refractivity contribution is -0.139. The second-order valence-electron chi connectivity index (χ2n) is 4.48. The summed E-state index contributed by atoms with van der Waals surface area (Å²) < 4.78 is 0. The van der Waals surface area contributed by atoms with Crippen molar-refractivity contribution < 1.29 is 9.90 Å². The fourth-order valence-electron chi connectivity index (χ4n) is 2.39. The molecule has 0 saturated carbocycles. The fraction of sp³-hybridized carbons (Fsp3) is 0.231. The molecule has 0 unspecified atom stereocenters. The average molecular weight is 278 g/mol. The number of halogens is 1. The molecule has 0 fully saturated rings. The number of imidazole rings is 1. The minimum atomic E-state index is -0.877. The van der Waals surface area contributed by atoms with E-state index >= 15 is 0 Å². The highest BCUT2D eigenvalue weighted by atomic mass is 35.5. The Kier molecular flexibility index (Phi) is 3.00. The summed E-state index contributed by atoms with van der Waals surface area (Å²) >= 11 is 6.19. The van der Waals surface area contributed by atoms with Gasteiger partial charge >= 0.3 is 5.97 Å². The van der Waals surface area contributed by atoms with Crippen LogP contribution in [0.4, 0.5) is 0 Å². The minimum absolute atomic E-state index is 0.301. The van der Waals surface area contributed by atoms with Crippen LogP contribution in [0.1, 0.15) is 23.0 Å². The van der Waals surface area contributed by atoms with Crippen LogP contribution in [0.3, 0.4) is 0 Å². The van der Waals surface area contributed by atoms with E-state index in [4.69, 9.17) is 11.6 Å². The first-order valence-electron chi connectivity index (χ1n) is 5.92. The Morgan fingerprint density at radius 2 is 2.21 bits per heavy atom. The van der Waals surface area contributed by atoms with Crippen molar-refractivity contribution in [2.45, 2.75) is 18.5 Å². The summed E-state index contributed by atoms with van der Waals surface area (Å²) in [5.41, 5.74) is 2.49. The zero-order valence-electron chi connectivity index (χ0n) is 9.93. The SMILES string of the molecule is O=C(O)[C@@H]1Cc2[nH]cnc2[C@@H](c2ccccc2Cl)N1. The molecule has 0 radical (unpaired) electrons. The standard InChI is InChI=1S/C13H12ClN3O2/c14-8-4-2-1-3-7(8)11-12-9(15-6-16-12)5-10(17-11)13(18)19/h1-4,6,10-11,17H,5H2,(H,15,16)(H,18,19)/t10-,11+/m0/s1. The highest BCUT2D eigenvalue weighted by molar-refractivity contribution is 6.31. The monoisotopic (exact) mass is 277 g/mol. The molecule has 0 saturated heterocycles. The smallest absolute Gasteiger partial charge is 0.321 e. The Morgan fingerprint density at radius 3 is 2.95 bits per heavy atom. The second kappa shape index (κ2) is 4.68. The summed E-state index contributed by atoms with van der Waals surface area (Å²) in [5.74, 6) is -0.877. The third-order valence-electron chi connectivity index (χ3n) is 3.32. The molecule has 1 aliphatic rings. The molecule has 1 aliphatic heterocycles. The van der Waals surface area contributed by atoms with Gasteiger partial charge in [0.25, 0.3) is 0 Å². The number of aromatic nitrogens is 2. The number of H-pyrrole nitrogens is 1. The number of carbonyl (C=O) groups is 1. The van der Waals surface area contributed by atoms with Crippen LogP contribution in [0.5, 0.6) is 0 Å². The minimum Gasteiger partial charge on any atom is -0.480 e. The van der Waals surface area contributed by atoms with Crippen molar-refractivity contribution in [3.63, 3.8) is 0 Å². The maximum Gasteiger partial charge on any atom is 0.321 e. The van der Waals surface area contributed by atoms with E-state index in [0.717, 1.165) is 17.0 Å². The van der Waals surface area contributed by atoms with Gasteiger partial charge in [-0.2, -0.15) is 0 Å². The predicted octanol–water partition coefficient (Wildman–Crippen LogP) is 1.75. The maximum absolute atomic E-state index is 11.2. The predicted molar refractivity (Wildman–Crippen MR) is 70.1 cm³/mol. The van der Waals surface area contributed by atoms with E-state index in [9.17, 15) is 9.90 Å². The lowest BCUT2D eigenvalue weighted by atomic mass is 9.94. The number of nitrogens with one attached hydrogen (secondary N) is 2. The molecule has 6 heteroatoms. The van der Waals surface area contributed by atoms with Crippen LogP contribution in [-0.2, 0) is 11.2 Å². The molecule has 0 spiro atoms. The summed E-state index contributed by atoms with van der Waals surface area (Å²) in [6, 6.07) is 6.44. The van der Waals surface area contributed by atoms with E-state index < -0.39 is 12.0 Å². The Hall–Kier alpha value is -1.85. The van der Waals surface area contributed by atoms with Crippen molar-refractivity contribution in [2.24, 2.45) is 0 Å². The molecule has 3 rings (SSSR count). The highest BCUT2D eigenvalue weighted by Gasteiger charge is 2.33. The van der Waals surface area contributed by atoms with Gasteiger partial charge in [-0.25, -0.2) is 4.98 Å². The summed E-state index contributed by atoms with van der Waals surface area (Å²) in [6.07, 6.45) is 1.98. The lowest BCUT2D eigenvalue weighted by Gasteiger charge is -2.28. The zero-order chi connectivity index (χ0) is 13.4. The van der Waals surface area contributed by atoms with Crippen LogP contribution >= 0.6 is 11.6 Å². The van der Waals surface area contributed by atoms with Gasteiger partial charge in [0, 0.05) is 17.1 Å². The number of aliphatic carboxylic acids is 1. The van der Waals surface area contributed by atoms with Crippen molar-refractivity contribution in [3.05, 3.63) is 52.6 Å². The van der Waals surface area contributed by atoms with Gasteiger partial charge < -0.3 is 10.1 Å². The summed E-state index contributed by atoms with van der Waals surface area (Å²) in [7, 11) is 0. The fourth-order valence-corrected chi connectivity index (χ4v) is 2.64. The zero-order valence-corrected chi connectivity index (χ0v) is 10.7. The number of nitrogens with zero attached hydrogens (tertiary/aromatic N) is 1. The van der Waals surface area contributed by atoms with E-state index in [0.29, 0.717) is 11.4 Å². The van der Waals surface area contributed by atoms with Crippen LogP contribution in [-0.4, -0.2) is 27.1 Å². The molecular formula is C13H12ClN3O2. The summed E-state index contributed by atoms with van der Waals surface area (Å²) in [4.78, 5) is 18.5. The number of carboxylic acids is 1. The van der Waals surface area contributed by atoms with Gasteiger partial charge in [0.15, 0.2) is 0 Å². The van der Waals surface area contributed by atoms with Gasteiger partial charge in [0.2, 0.25) is 0 Å². The molecule has 2 atom stereocenters. The Balaban J connectivity index is 2.06. The Labute approximate surface area is 114 Å². The molecule has 98 valence electrons. The van der Waals surface area contributed by atoms with Crippen molar-refractivity contribution in [3.8, 4) is 0 Å². The molecule has 3 N–H and O–H groups in total. The van der Waals surface area contributed by atoms with Gasteiger partial charge in [-0.3, -0.25) is 10.1 Å². The van der Waals surface area contributed by atoms with Crippen molar-refractivity contribution >= 4 is 17.6 Å². The molecule has 1 aromatic carbocycles. The molecule has 5 nitrogen and oxygen atoms in total. The topological polar surface area (TPSA) is 78.0 Å². The van der Waals surface area contributed by atoms with Crippen LogP contribution in [0.15, 0.2) is 30.6 Å². The molecule has 0 bridgehead atoms. The average Bonchev–Trinajstić information content (AvgIpc) is 2.86. The van der Waals surface area contributed by atoms with Crippen molar-refractivity contribution in [1.82, 2.24) is 15.3 Å². The van der Waals surface area contributed by atoms with Crippen LogP contribution in [0.25, 0.3) is 0 Å². The van der Waals surface area contributed by atoms with E-state index in [-0.39, 0.29) is 6.04 Å². The molecule has 2 aromatic rings. The van der Waals surface area contributed by atoms with E-state index in [1.165, 1.54) is 0 Å². The lowest BCUT2D eigenvalue weighted by Crippen LogP contribution is -2.45. The number of aromatic amines is 1. The number of benzene rings is 1. The third kappa shape index (κ3) is 2.11. The molecule has 1 aromatic heterocycles. The maximum atomic E-state index is 11.2. The Bertz CT molecular complexity index is 626. The number of hydrogen-bond acceptors (Lipinski definition) is 3. The highest BCUT2D eigenvalue weighted by Crippen LogP contribution is 2.32. The van der Waals surface area contributed by atoms with Gasteiger partial charge in [0.1, 0.15) is 6.04 Å². The van der Waals surface area contributed by atoms with Gasteiger partial charge in [-0.15, -0.1) is 0 Å². The molecule has 2 heterocycles. The van der Waals surface area contributed by atoms with Crippen LogP contribution in [0.2, 0.25) is 5.02 Å². The number of fused-ring (bicyclic) bond motifs is 1. The van der Waals surface area contributed by atoms with Crippen molar-refractivity contribution in [2.75, 3.05) is 0 Å². The largest absolute Gasteiger partial charge is 0.480 e. The van der Waals surface area contributed by atoms with Crippen LogP contribution in [0, 0.1) is 0 Å². The first-order valence-corrected chi connectivity index (χ1v) is 6.30. The number of rotatable bonds is 2. The first-order chi connectivity index (χ1) is 9.16. The molecule has 0 amide bonds. The normalized spacial score (nSPS) is 21.9. The molecule has 19 heavy (non-hydrogen) atoms. The van der Waals surface area contributed by atoms with Crippen LogP contribution < -0.4 is 5.32 Å². The number of carboxylic acid groups (broad SMARTS) is 1. The van der Waals surface area contributed by atoms with E-state index in [1.54, 1.807) is 12.4 Å². The third-order valence-corrected chi connectivity index (χ3v) is 3.66. The summed E-state index contributed by atoms with van der Waals surface area (Å²) in [6.45, 7) is 0. The molecule has 0 aliphatic carbocycles. The summed E-state index contributed by atoms with van der Waals surface area (Å²) in [5, 5.41) is 12.9. The second-order valence-corrected chi connectivity index (χ2v) is 4.89. The Morgan fingerprint density at radius 1 is 1.42 bits per heavy atom. The first kappa shape index (κ1) is 12.2. The van der Waals surface area contributed by atoms with Gasteiger partial charge in [0.05, 0.1) is 18.1 Å². The van der Waals surface area contributed by atoms with E-state index in [2.05, 4.69) is 15.3 Å². The quantitative estimate of drug-likeness (QED) is 0.781. The molecular weight excluding hydrogens is 266 g/mol. The van der Waals surface area contributed by atoms with Crippen molar-refractivity contribution in [1.29, 1.82) is 0 Å².